The predicted octanol–water partition coefficient (Wildman–Crippen LogP) is 1.86. The van der Waals surface area contributed by atoms with E-state index in [0.717, 1.165) is 16.8 Å². The number of carbonyl (C=O) groups is 1. The van der Waals surface area contributed by atoms with Crippen molar-refractivity contribution in [2.24, 2.45) is 0 Å². The van der Waals surface area contributed by atoms with Crippen LogP contribution in [0.4, 0.5) is 0 Å². The third-order valence-corrected chi connectivity index (χ3v) is 1.94. The quantitative estimate of drug-likeness (QED) is 0.370. The van der Waals surface area contributed by atoms with E-state index in [4.69, 9.17) is 9.66 Å². The molecule has 0 unspecified atom stereocenters. The van der Waals surface area contributed by atoms with Crippen LogP contribution >= 0.6 is 34.5 Å². The Morgan fingerprint density at radius 3 is 2.10 bits per heavy atom. The van der Waals surface area contributed by atoms with Crippen molar-refractivity contribution in [3.63, 3.8) is 0 Å². The van der Waals surface area contributed by atoms with E-state index in [0.29, 0.717) is 0 Å². The summed E-state index contributed by atoms with van der Waals surface area (Å²) in [6, 6.07) is 0. The molecule has 0 aliphatic carbocycles. The van der Waals surface area contributed by atoms with Gasteiger partial charge in [0.15, 0.2) is 0 Å². The van der Waals surface area contributed by atoms with Gasteiger partial charge in [0.05, 0.1) is 16.8 Å². The average molecular weight is 202 g/mol. The maximum absolute atomic E-state index is 9.29. The molecule has 0 aliphatic rings. The molecule has 0 amide bonds. The number of carboxylic acid groups (broad SMARTS) is 1. The van der Waals surface area contributed by atoms with Gasteiger partial charge in [0.2, 0.25) is 0 Å². The zero-order valence-corrected chi connectivity index (χ0v) is 8.01. The summed E-state index contributed by atoms with van der Waals surface area (Å²) in [5, 5.41) is 7.65. The molecular formula is C4H10O3S3. The van der Waals surface area contributed by atoms with Gasteiger partial charge in [-0.2, -0.15) is 12.6 Å². The number of carboxylic acids is 1. The molecule has 0 aromatic heterocycles. The van der Waals surface area contributed by atoms with Crippen molar-refractivity contribution in [3.8, 4) is 0 Å². The first-order valence-electron chi connectivity index (χ1n) is 2.44. The fourth-order valence-corrected chi connectivity index (χ4v) is 0.474. The number of hydrogen-bond acceptors (Lipinski definition) is 5. The lowest BCUT2D eigenvalue weighted by molar-refractivity contribution is -0.133. The summed E-state index contributed by atoms with van der Waals surface area (Å²) >= 11 is 4.23. The highest BCUT2D eigenvalue weighted by Crippen LogP contribution is 2.13. The number of hydrogen-bond donors (Lipinski definition) is 3. The molecule has 3 nitrogen and oxygen atoms in total. The molecule has 2 N–H and O–H groups in total. The van der Waals surface area contributed by atoms with E-state index in [-0.39, 0.29) is 5.75 Å². The van der Waals surface area contributed by atoms with Crippen LogP contribution in [0.25, 0.3) is 0 Å². The summed E-state index contributed by atoms with van der Waals surface area (Å²) < 4.78 is 7.95. The summed E-state index contributed by atoms with van der Waals surface area (Å²) in [7, 11) is 1.44. The first-order valence-corrected chi connectivity index (χ1v) is 5.35. The van der Waals surface area contributed by atoms with Gasteiger partial charge in [-0.1, -0.05) is 17.7 Å². The Bertz CT molecular complexity index is 76.1. The van der Waals surface area contributed by atoms with E-state index >= 15 is 0 Å². The van der Waals surface area contributed by atoms with Gasteiger partial charge in [0.25, 0.3) is 0 Å². The lowest BCUT2D eigenvalue weighted by atomic mass is 10.8. The molecular weight excluding hydrogens is 192 g/mol. The van der Waals surface area contributed by atoms with E-state index in [9.17, 15) is 4.79 Å². The Balaban J connectivity index is 0. The van der Waals surface area contributed by atoms with Crippen molar-refractivity contribution in [1.82, 2.24) is 0 Å². The first-order chi connectivity index (χ1) is 4.68. The second kappa shape index (κ2) is 12.2. The first kappa shape index (κ1) is 13.1. The molecule has 0 rings (SSSR count). The molecule has 0 aromatic carbocycles. The van der Waals surface area contributed by atoms with Crippen molar-refractivity contribution in [1.29, 1.82) is 0 Å². The van der Waals surface area contributed by atoms with Crippen molar-refractivity contribution in [2.45, 2.75) is 6.92 Å². The Morgan fingerprint density at radius 1 is 1.70 bits per heavy atom. The molecule has 0 aliphatic heterocycles. The Hall–Kier alpha value is 0.480. The molecule has 0 saturated carbocycles. The van der Waals surface area contributed by atoms with Gasteiger partial charge in [0, 0.05) is 5.75 Å². The largest absolute Gasteiger partial charge is 0.481 e. The van der Waals surface area contributed by atoms with Crippen LogP contribution in [-0.4, -0.2) is 27.1 Å². The minimum Gasteiger partial charge on any atom is -0.481 e. The van der Waals surface area contributed by atoms with Crippen LogP contribution in [0, 0.1) is 0 Å². The highest BCUT2D eigenvalue weighted by Gasteiger charge is 1.81. The predicted molar refractivity (Wildman–Crippen MR) is 49.8 cm³/mol. The molecule has 0 atom stereocenters. The van der Waals surface area contributed by atoms with Crippen LogP contribution in [0.3, 0.4) is 0 Å². The standard InChI is InChI=1S/C2H4O2S.C2H6OS2/c3-2(4)1-5;1-2-4-5-3/h5H,1H2,(H,3,4);3H,2H2,1H3. The summed E-state index contributed by atoms with van der Waals surface area (Å²) in [6.07, 6.45) is 0. The Labute approximate surface area is 73.6 Å². The van der Waals surface area contributed by atoms with Gasteiger partial charge in [-0.25, -0.2) is 0 Å². The Morgan fingerprint density at radius 2 is 2.10 bits per heavy atom. The van der Waals surface area contributed by atoms with E-state index in [1.165, 1.54) is 10.8 Å². The highest BCUT2D eigenvalue weighted by molar-refractivity contribution is 8.74. The van der Waals surface area contributed by atoms with E-state index in [2.05, 4.69) is 12.6 Å². The normalized spacial score (nSPS) is 7.90. The molecule has 62 valence electrons. The van der Waals surface area contributed by atoms with E-state index in [1.54, 1.807) is 0 Å². The maximum atomic E-state index is 9.29. The van der Waals surface area contributed by atoms with Crippen LogP contribution in [-0.2, 0) is 4.79 Å². The minimum atomic E-state index is -0.881. The highest BCUT2D eigenvalue weighted by atomic mass is 33.1. The van der Waals surface area contributed by atoms with Crippen molar-refractivity contribution < 1.29 is 14.5 Å². The van der Waals surface area contributed by atoms with Crippen LogP contribution in [0.15, 0.2) is 0 Å². The van der Waals surface area contributed by atoms with Gasteiger partial charge >= 0.3 is 5.97 Å². The number of rotatable bonds is 3. The topological polar surface area (TPSA) is 57.5 Å². The van der Waals surface area contributed by atoms with Crippen LogP contribution in [0.5, 0.6) is 0 Å². The van der Waals surface area contributed by atoms with Gasteiger partial charge < -0.3 is 9.66 Å². The van der Waals surface area contributed by atoms with Crippen molar-refractivity contribution in [3.05, 3.63) is 0 Å². The second-order valence-electron chi connectivity index (χ2n) is 1.03. The maximum Gasteiger partial charge on any atom is 0.313 e. The summed E-state index contributed by atoms with van der Waals surface area (Å²) in [5.41, 5.74) is 0. The van der Waals surface area contributed by atoms with E-state index < -0.39 is 5.97 Å². The SMILES string of the molecule is CCSSO.O=C(O)CS. The minimum absolute atomic E-state index is 0.0833. The molecule has 0 bridgehead atoms. The van der Waals surface area contributed by atoms with Crippen LogP contribution in [0.1, 0.15) is 6.92 Å². The lowest BCUT2D eigenvalue weighted by Crippen LogP contribution is -1.92. The molecule has 0 spiro atoms. The second-order valence-corrected chi connectivity index (χ2v) is 3.47. The average Bonchev–Trinajstić information content (AvgIpc) is 1.91. The summed E-state index contributed by atoms with van der Waals surface area (Å²) in [5.74, 6) is 0.00887. The fraction of sp³-hybridized carbons (Fsp3) is 0.750. The molecule has 0 fully saturated rings. The Kier molecular flexibility index (Phi) is 16.0. The molecule has 0 heterocycles. The number of aliphatic carboxylic acids is 1. The van der Waals surface area contributed by atoms with Gasteiger partial charge in [-0.3, -0.25) is 4.79 Å². The molecule has 0 saturated heterocycles. The van der Waals surface area contributed by atoms with Gasteiger partial charge in [0.1, 0.15) is 0 Å². The van der Waals surface area contributed by atoms with Crippen LogP contribution in [0.2, 0.25) is 0 Å². The monoisotopic (exact) mass is 202 g/mol. The number of thiol groups is 1. The lowest BCUT2D eigenvalue weighted by Gasteiger charge is -1.77. The third-order valence-electron chi connectivity index (χ3n) is 0.306. The van der Waals surface area contributed by atoms with E-state index in [1.807, 2.05) is 6.92 Å². The summed E-state index contributed by atoms with van der Waals surface area (Å²) in [6.45, 7) is 1.99. The zero-order chi connectivity index (χ0) is 8.41. The smallest absolute Gasteiger partial charge is 0.313 e. The molecule has 10 heavy (non-hydrogen) atoms. The van der Waals surface area contributed by atoms with Crippen molar-refractivity contribution >= 4 is 40.5 Å². The fourth-order valence-electron chi connectivity index (χ4n) is 0.0527. The van der Waals surface area contributed by atoms with Gasteiger partial charge in [-0.05, 0) is 0 Å². The van der Waals surface area contributed by atoms with Gasteiger partial charge in [-0.15, -0.1) is 0 Å². The molecule has 0 aromatic rings. The van der Waals surface area contributed by atoms with Crippen molar-refractivity contribution in [2.75, 3.05) is 11.5 Å². The third kappa shape index (κ3) is 23.6. The van der Waals surface area contributed by atoms with Crippen LogP contribution < -0.4 is 0 Å². The molecule has 0 radical (unpaired) electrons. The summed E-state index contributed by atoms with van der Waals surface area (Å²) in [4.78, 5) is 9.29. The molecule has 6 heteroatoms. The zero-order valence-electron chi connectivity index (χ0n) is 5.48.